The number of aromatic nitrogens is 1. The maximum atomic E-state index is 12.8. The van der Waals surface area contributed by atoms with Gasteiger partial charge in [-0.2, -0.15) is 0 Å². The molecule has 7 nitrogen and oxygen atoms in total. The third-order valence-corrected chi connectivity index (χ3v) is 7.08. The van der Waals surface area contributed by atoms with Crippen LogP contribution in [0, 0.1) is 13.8 Å². The summed E-state index contributed by atoms with van der Waals surface area (Å²) in [5.41, 5.74) is 4.15. The zero-order chi connectivity index (χ0) is 19.8. The lowest BCUT2D eigenvalue weighted by atomic mass is 10.0. The lowest BCUT2D eigenvalue weighted by Gasteiger charge is -2.27. The molecule has 2 aliphatic heterocycles. The first kappa shape index (κ1) is 19.6. The van der Waals surface area contributed by atoms with E-state index in [0.717, 1.165) is 56.0 Å². The maximum absolute atomic E-state index is 12.8. The van der Waals surface area contributed by atoms with E-state index in [1.165, 1.54) is 16.0 Å². The minimum atomic E-state index is 0.0219. The van der Waals surface area contributed by atoms with Gasteiger partial charge >= 0.3 is 0 Å². The average molecular weight is 405 g/mol. The minimum Gasteiger partial charge on any atom is -0.395 e. The van der Waals surface area contributed by atoms with Gasteiger partial charge in [-0.25, -0.2) is 0 Å². The first-order chi connectivity index (χ1) is 13.5. The van der Waals surface area contributed by atoms with Gasteiger partial charge in [-0.15, -0.1) is 11.3 Å². The second kappa shape index (κ2) is 7.94. The van der Waals surface area contributed by atoms with Gasteiger partial charge in [-0.1, -0.05) is 5.16 Å². The Morgan fingerprint density at radius 1 is 1.46 bits per heavy atom. The van der Waals surface area contributed by atoms with Gasteiger partial charge in [-0.05, 0) is 39.3 Å². The van der Waals surface area contributed by atoms with E-state index < -0.39 is 0 Å². The molecule has 0 radical (unpaired) electrons. The summed E-state index contributed by atoms with van der Waals surface area (Å²) in [7, 11) is 1.99. The lowest BCUT2D eigenvalue weighted by Crippen LogP contribution is -2.37. The molecule has 2 aliphatic rings. The van der Waals surface area contributed by atoms with Crippen LogP contribution in [0.15, 0.2) is 9.90 Å². The van der Waals surface area contributed by atoms with Gasteiger partial charge in [0.25, 0.3) is 5.91 Å². The van der Waals surface area contributed by atoms with Crippen LogP contribution in [0.4, 0.5) is 0 Å². The van der Waals surface area contributed by atoms with Gasteiger partial charge in [0.05, 0.1) is 17.9 Å². The van der Waals surface area contributed by atoms with Crippen molar-refractivity contribution in [2.45, 2.75) is 51.9 Å². The molecule has 1 amide bonds. The van der Waals surface area contributed by atoms with Crippen molar-refractivity contribution in [3.8, 4) is 0 Å². The highest BCUT2D eigenvalue weighted by atomic mass is 32.1. The molecule has 0 saturated carbocycles. The number of likely N-dealkylation sites (N-methyl/N-ethyl adjacent to an activating group) is 1. The summed E-state index contributed by atoms with van der Waals surface area (Å²) in [6.45, 7) is 7.47. The Balaban J connectivity index is 1.40. The molecule has 8 heteroatoms. The molecular weight excluding hydrogens is 376 g/mol. The molecule has 1 fully saturated rings. The van der Waals surface area contributed by atoms with E-state index >= 15 is 0 Å². The Kier molecular flexibility index (Phi) is 5.55. The summed E-state index contributed by atoms with van der Waals surface area (Å²) in [5, 5.41) is 18.6. The molecule has 0 unspecified atom stereocenters. The fraction of sp³-hybridized carbons (Fsp3) is 0.600. The molecule has 4 heterocycles. The van der Waals surface area contributed by atoms with Crippen LogP contribution in [-0.4, -0.2) is 64.8 Å². The maximum Gasteiger partial charge on any atom is 0.252 e. The van der Waals surface area contributed by atoms with Crippen molar-refractivity contribution < 1.29 is 14.4 Å². The van der Waals surface area contributed by atoms with E-state index in [-0.39, 0.29) is 24.6 Å². The van der Waals surface area contributed by atoms with Crippen LogP contribution in [0.5, 0.6) is 0 Å². The summed E-state index contributed by atoms with van der Waals surface area (Å²) in [6, 6.07) is 0.240. The first-order valence-electron chi connectivity index (χ1n) is 9.81. The summed E-state index contributed by atoms with van der Waals surface area (Å²) >= 11 is 1.68. The molecule has 0 aliphatic carbocycles. The molecule has 2 aromatic rings. The van der Waals surface area contributed by atoms with Crippen LogP contribution < -0.4 is 5.32 Å². The zero-order valence-corrected chi connectivity index (χ0v) is 17.5. The van der Waals surface area contributed by atoms with Crippen molar-refractivity contribution in [2.75, 3.05) is 26.7 Å². The standard InChI is InChI=1S/C20H28N4O3S/c1-12-17(13(2)27-22-12)8-24-5-4-16-18(11-28-19(16)9-24)20(26)21-14-6-15(10-25)23(3)7-14/h11,14-15,25H,4-10H2,1-3H3,(H,21,26)/t14-,15+/m1/s1. The molecule has 4 rings (SSSR count). The van der Waals surface area contributed by atoms with Gasteiger partial charge in [0, 0.05) is 54.1 Å². The molecular formula is C20H28N4O3S. The Morgan fingerprint density at radius 3 is 2.96 bits per heavy atom. The number of carbonyl (C=O) groups excluding carboxylic acids is 1. The van der Waals surface area contributed by atoms with Gasteiger partial charge in [-0.3, -0.25) is 14.6 Å². The highest BCUT2D eigenvalue weighted by Crippen LogP contribution is 2.30. The number of hydrogen-bond donors (Lipinski definition) is 2. The number of rotatable bonds is 5. The molecule has 2 N–H and O–H groups in total. The molecule has 0 spiro atoms. The first-order valence-corrected chi connectivity index (χ1v) is 10.7. The van der Waals surface area contributed by atoms with Crippen LogP contribution in [0.25, 0.3) is 0 Å². The second-order valence-electron chi connectivity index (χ2n) is 8.00. The van der Waals surface area contributed by atoms with Crippen molar-refractivity contribution in [1.29, 1.82) is 0 Å². The van der Waals surface area contributed by atoms with E-state index in [2.05, 4.69) is 20.3 Å². The fourth-order valence-electron chi connectivity index (χ4n) is 4.32. The van der Waals surface area contributed by atoms with Crippen LogP contribution in [0.3, 0.4) is 0 Å². The smallest absolute Gasteiger partial charge is 0.252 e. The SMILES string of the molecule is Cc1noc(C)c1CN1CCc2c(C(=O)N[C@@H]3C[C@@H](CO)N(C)C3)csc2C1. The number of fused-ring (bicyclic) bond motifs is 1. The Labute approximate surface area is 169 Å². The molecule has 152 valence electrons. The number of aryl methyl sites for hydroxylation is 2. The van der Waals surface area contributed by atoms with Crippen molar-refractivity contribution in [2.24, 2.45) is 0 Å². The molecule has 1 saturated heterocycles. The lowest BCUT2D eigenvalue weighted by molar-refractivity contribution is 0.0937. The molecule has 2 atom stereocenters. The number of likely N-dealkylation sites (tertiary alicyclic amines) is 1. The van der Waals surface area contributed by atoms with Crippen molar-refractivity contribution >= 4 is 17.2 Å². The van der Waals surface area contributed by atoms with E-state index in [1.54, 1.807) is 11.3 Å². The topological polar surface area (TPSA) is 81.8 Å². The molecule has 0 bridgehead atoms. The van der Waals surface area contributed by atoms with Gasteiger partial charge in [0.2, 0.25) is 0 Å². The number of thiophene rings is 1. The van der Waals surface area contributed by atoms with Crippen LogP contribution in [0.1, 0.15) is 44.2 Å². The number of aliphatic hydroxyl groups excluding tert-OH is 1. The van der Waals surface area contributed by atoms with Crippen molar-refractivity contribution in [3.63, 3.8) is 0 Å². The van der Waals surface area contributed by atoms with E-state index in [9.17, 15) is 9.90 Å². The van der Waals surface area contributed by atoms with Gasteiger partial charge in [0.1, 0.15) is 5.76 Å². The summed E-state index contributed by atoms with van der Waals surface area (Å²) in [5.74, 6) is 0.908. The summed E-state index contributed by atoms with van der Waals surface area (Å²) in [4.78, 5) is 18.6. The number of nitrogens with zero attached hydrogens (tertiary/aromatic N) is 3. The Hall–Kier alpha value is -1.74. The van der Waals surface area contributed by atoms with Gasteiger partial charge < -0.3 is 14.9 Å². The average Bonchev–Trinajstić information content (AvgIpc) is 3.34. The van der Waals surface area contributed by atoms with E-state index in [4.69, 9.17) is 4.52 Å². The second-order valence-corrected chi connectivity index (χ2v) is 8.96. The number of aliphatic hydroxyl groups is 1. The van der Waals surface area contributed by atoms with Crippen LogP contribution in [-0.2, 0) is 19.5 Å². The predicted molar refractivity (Wildman–Crippen MR) is 107 cm³/mol. The summed E-state index contributed by atoms with van der Waals surface area (Å²) in [6.07, 6.45) is 1.69. The quantitative estimate of drug-likeness (QED) is 0.790. The molecule has 28 heavy (non-hydrogen) atoms. The van der Waals surface area contributed by atoms with E-state index in [0.29, 0.717) is 0 Å². The fourth-order valence-corrected chi connectivity index (χ4v) is 5.44. The number of carbonyl (C=O) groups is 1. The van der Waals surface area contributed by atoms with Gasteiger partial charge in [0.15, 0.2) is 0 Å². The van der Waals surface area contributed by atoms with Crippen molar-refractivity contribution in [1.82, 2.24) is 20.3 Å². The highest BCUT2D eigenvalue weighted by molar-refractivity contribution is 7.10. The minimum absolute atomic E-state index is 0.0219. The largest absolute Gasteiger partial charge is 0.395 e. The van der Waals surface area contributed by atoms with Crippen LogP contribution >= 0.6 is 11.3 Å². The van der Waals surface area contributed by atoms with Crippen LogP contribution in [0.2, 0.25) is 0 Å². The third kappa shape index (κ3) is 3.74. The van der Waals surface area contributed by atoms with Crippen molar-refractivity contribution in [3.05, 3.63) is 38.4 Å². The Morgan fingerprint density at radius 2 is 2.29 bits per heavy atom. The molecule has 0 aromatic carbocycles. The number of amides is 1. The monoisotopic (exact) mass is 404 g/mol. The third-order valence-electron chi connectivity index (χ3n) is 6.07. The Bertz CT molecular complexity index is 842. The number of nitrogens with one attached hydrogen (secondary N) is 1. The normalized spacial score (nSPS) is 23.1. The molecule has 2 aromatic heterocycles. The highest BCUT2D eigenvalue weighted by Gasteiger charge is 2.31. The number of hydrogen-bond acceptors (Lipinski definition) is 7. The zero-order valence-electron chi connectivity index (χ0n) is 16.7. The predicted octanol–water partition coefficient (Wildman–Crippen LogP) is 1.71. The summed E-state index contributed by atoms with van der Waals surface area (Å²) < 4.78 is 5.28. The van der Waals surface area contributed by atoms with E-state index in [1.807, 2.05) is 26.3 Å².